The second-order valence-electron chi connectivity index (χ2n) is 2.36. The highest BCUT2D eigenvalue weighted by atomic mass is 127. The molecule has 0 heterocycles. The summed E-state index contributed by atoms with van der Waals surface area (Å²) >= 11 is 7.93. The van der Waals surface area contributed by atoms with Crippen LogP contribution < -0.4 is 4.72 Å². The van der Waals surface area contributed by atoms with Crippen LogP contribution in [0.25, 0.3) is 0 Å². The summed E-state index contributed by atoms with van der Waals surface area (Å²) in [4.78, 5) is 0. The van der Waals surface area contributed by atoms with Crippen molar-refractivity contribution in [1.82, 2.24) is 0 Å². The highest BCUT2D eigenvalue weighted by molar-refractivity contribution is 14.1. The molecule has 0 bridgehead atoms. The maximum atomic E-state index is 11.2. The fraction of sp³-hybridized carbons (Fsp3) is 0.250. The molecular formula is C8H9ClINOS. The van der Waals surface area contributed by atoms with Gasteiger partial charge in [-0.3, -0.25) is 0 Å². The van der Waals surface area contributed by atoms with E-state index in [9.17, 15) is 4.21 Å². The molecule has 0 aliphatic heterocycles. The highest BCUT2D eigenvalue weighted by Crippen LogP contribution is 2.22. The predicted octanol–water partition coefficient (Wildman–Crippen LogP) is 3.04. The van der Waals surface area contributed by atoms with Crippen LogP contribution in [0.4, 0.5) is 5.69 Å². The zero-order chi connectivity index (χ0) is 9.84. The molecule has 1 unspecified atom stereocenters. The normalized spacial score (nSPS) is 12.5. The molecule has 0 aliphatic rings. The molecule has 1 atom stereocenters. The van der Waals surface area contributed by atoms with Crippen molar-refractivity contribution in [3.63, 3.8) is 0 Å². The van der Waals surface area contributed by atoms with Crippen molar-refractivity contribution in [1.29, 1.82) is 0 Å². The Hall–Kier alpha value is 0.190. The van der Waals surface area contributed by atoms with E-state index >= 15 is 0 Å². The largest absolute Gasteiger partial charge is 0.304 e. The van der Waals surface area contributed by atoms with Crippen molar-refractivity contribution >= 4 is 50.9 Å². The minimum atomic E-state index is -0.993. The van der Waals surface area contributed by atoms with Gasteiger partial charge in [-0.2, -0.15) is 0 Å². The van der Waals surface area contributed by atoms with E-state index in [0.717, 1.165) is 9.26 Å². The van der Waals surface area contributed by atoms with Crippen LogP contribution in [0.5, 0.6) is 0 Å². The van der Waals surface area contributed by atoms with E-state index in [1.807, 2.05) is 19.1 Å². The van der Waals surface area contributed by atoms with E-state index in [1.165, 1.54) is 0 Å². The van der Waals surface area contributed by atoms with E-state index in [2.05, 4.69) is 27.3 Å². The van der Waals surface area contributed by atoms with Gasteiger partial charge in [0.2, 0.25) is 0 Å². The molecule has 0 saturated carbocycles. The topological polar surface area (TPSA) is 29.1 Å². The standard InChI is InChI=1S/C8H9ClINOS/c1-2-13(12)11-8-4-3-6(9)5-7(8)10/h3-5,11H,2H2,1H3. The number of benzene rings is 1. The summed E-state index contributed by atoms with van der Waals surface area (Å²) < 4.78 is 15.1. The maximum absolute atomic E-state index is 11.2. The van der Waals surface area contributed by atoms with Gasteiger partial charge in [-0.15, -0.1) is 0 Å². The lowest BCUT2D eigenvalue weighted by Gasteiger charge is -2.06. The van der Waals surface area contributed by atoms with Gasteiger partial charge in [0.05, 0.1) is 5.69 Å². The van der Waals surface area contributed by atoms with Gasteiger partial charge in [-0.1, -0.05) is 18.5 Å². The monoisotopic (exact) mass is 329 g/mol. The molecule has 1 aromatic rings. The van der Waals surface area contributed by atoms with Gasteiger partial charge < -0.3 is 4.72 Å². The maximum Gasteiger partial charge on any atom is 0.116 e. The number of halogens is 2. The van der Waals surface area contributed by atoms with Crippen molar-refractivity contribution in [3.05, 3.63) is 26.8 Å². The van der Waals surface area contributed by atoms with Crippen molar-refractivity contribution in [2.75, 3.05) is 10.5 Å². The number of rotatable bonds is 3. The van der Waals surface area contributed by atoms with Gasteiger partial charge in [-0.05, 0) is 40.8 Å². The predicted molar refractivity (Wildman–Crippen MR) is 66.5 cm³/mol. The lowest BCUT2D eigenvalue weighted by molar-refractivity contribution is 0.687. The van der Waals surface area contributed by atoms with E-state index in [1.54, 1.807) is 6.07 Å². The minimum absolute atomic E-state index is 0.596. The Kier molecular flexibility index (Phi) is 4.48. The summed E-state index contributed by atoms with van der Waals surface area (Å²) in [5.74, 6) is 0.596. The number of hydrogen-bond donors (Lipinski definition) is 1. The Labute approximate surface area is 98.8 Å². The van der Waals surface area contributed by atoms with Crippen LogP contribution in [-0.2, 0) is 11.0 Å². The molecule has 0 fully saturated rings. The van der Waals surface area contributed by atoms with Crippen LogP contribution in [0.3, 0.4) is 0 Å². The van der Waals surface area contributed by atoms with Gasteiger partial charge in [-0.25, -0.2) is 4.21 Å². The first-order chi connectivity index (χ1) is 6.13. The lowest BCUT2D eigenvalue weighted by atomic mass is 10.3. The summed E-state index contributed by atoms with van der Waals surface area (Å²) in [6, 6.07) is 5.44. The molecule has 2 nitrogen and oxygen atoms in total. The third kappa shape index (κ3) is 3.44. The molecule has 5 heteroatoms. The highest BCUT2D eigenvalue weighted by Gasteiger charge is 2.02. The second kappa shape index (κ2) is 5.17. The van der Waals surface area contributed by atoms with Gasteiger partial charge in [0, 0.05) is 14.3 Å². The summed E-state index contributed by atoms with van der Waals surface area (Å²) in [6.45, 7) is 1.87. The quantitative estimate of drug-likeness (QED) is 0.849. The van der Waals surface area contributed by atoms with Crippen LogP contribution in [0, 0.1) is 3.57 Å². The fourth-order valence-electron chi connectivity index (χ4n) is 0.767. The number of nitrogens with one attached hydrogen (secondary N) is 1. The Bertz CT molecular complexity index is 332. The van der Waals surface area contributed by atoms with Crippen LogP contribution in [0.2, 0.25) is 5.02 Å². The minimum Gasteiger partial charge on any atom is -0.304 e. The Morgan fingerprint density at radius 3 is 2.85 bits per heavy atom. The first-order valence-corrected chi connectivity index (χ1v) is 6.51. The van der Waals surface area contributed by atoms with Crippen LogP contribution in [-0.4, -0.2) is 9.96 Å². The summed E-state index contributed by atoms with van der Waals surface area (Å²) in [5, 5.41) is 0.692. The van der Waals surface area contributed by atoms with Crippen molar-refractivity contribution < 1.29 is 4.21 Å². The van der Waals surface area contributed by atoms with Crippen LogP contribution in [0.15, 0.2) is 18.2 Å². The van der Waals surface area contributed by atoms with Crippen molar-refractivity contribution in [2.45, 2.75) is 6.92 Å². The molecule has 13 heavy (non-hydrogen) atoms. The smallest absolute Gasteiger partial charge is 0.116 e. The molecule has 0 radical (unpaired) electrons. The van der Waals surface area contributed by atoms with E-state index in [4.69, 9.17) is 11.6 Å². The van der Waals surface area contributed by atoms with Gasteiger partial charge in [0.15, 0.2) is 0 Å². The average Bonchev–Trinajstić information content (AvgIpc) is 2.09. The third-order valence-electron chi connectivity index (χ3n) is 1.42. The molecule has 0 saturated heterocycles. The summed E-state index contributed by atoms with van der Waals surface area (Å²) in [6.07, 6.45) is 0. The zero-order valence-corrected chi connectivity index (χ0v) is 10.7. The Morgan fingerprint density at radius 1 is 1.62 bits per heavy atom. The zero-order valence-electron chi connectivity index (χ0n) is 7.01. The van der Waals surface area contributed by atoms with E-state index in [0.29, 0.717) is 10.8 Å². The third-order valence-corrected chi connectivity index (χ3v) is 3.52. The SMILES string of the molecule is CCS(=O)Nc1ccc(Cl)cc1I. The van der Waals surface area contributed by atoms with E-state index in [-0.39, 0.29) is 0 Å². The van der Waals surface area contributed by atoms with Gasteiger partial charge in [0.25, 0.3) is 0 Å². The van der Waals surface area contributed by atoms with E-state index < -0.39 is 11.0 Å². The molecule has 0 amide bonds. The van der Waals surface area contributed by atoms with Crippen molar-refractivity contribution in [2.24, 2.45) is 0 Å². The molecule has 1 rings (SSSR count). The van der Waals surface area contributed by atoms with Crippen LogP contribution >= 0.6 is 34.2 Å². The summed E-state index contributed by atoms with van der Waals surface area (Å²) in [5.41, 5.74) is 0.866. The first kappa shape index (κ1) is 11.3. The molecular weight excluding hydrogens is 321 g/mol. The molecule has 0 aliphatic carbocycles. The number of hydrogen-bond acceptors (Lipinski definition) is 1. The second-order valence-corrected chi connectivity index (χ2v) is 5.43. The lowest BCUT2D eigenvalue weighted by Crippen LogP contribution is -2.06. The first-order valence-electron chi connectivity index (χ1n) is 3.73. The average molecular weight is 330 g/mol. The number of anilines is 1. The molecule has 0 aromatic heterocycles. The van der Waals surface area contributed by atoms with Gasteiger partial charge >= 0.3 is 0 Å². The van der Waals surface area contributed by atoms with Crippen molar-refractivity contribution in [3.8, 4) is 0 Å². The summed E-state index contributed by atoms with van der Waals surface area (Å²) in [7, 11) is -0.993. The molecule has 1 aromatic carbocycles. The van der Waals surface area contributed by atoms with Crippen LogP contribution in [0.1, 0.15) is 6.92 Å². The Balaban J connectivity index is 2.83. The molecule has 72 valence electrons. The molecule has 1 N–H and O–H groups in total. The fourth-order valence-corrected chi connectivity index (χ4v) is 2.52. The Morgan fingerprint density at radius 2 is 2.31 bits per heavy atom. The molecule has 0 spiro atoms. The van der Waals surface area contributed by atoms with Gasteiger partial charge in [0.1, 0.15) is 11.0 Å².